The van der Waals surface area contributed by atoms with Gasteiger partial charge >= 0.3 is 12.1 Å². The molecule has 3 rings (SSSR count). The zero-order valence-electron chi connectivity index (χ0n) is 15.9. The van der Waals surface area contributed by atoms with Gasteiger partial charge in [0.1, 0.15) is 5.75 Å². The number of urea groups is 1. The van der Waals surface area contributed by atoms with Crippen molar-refractivity contribution < 1.29 is 19.4 Å². The van der Waals surface area contributed by atoms with E-state index in [4.69, 9.17) is 9.84 Å². The SMILES string of the molecule is COc1cc(C)ccc1NC(=O)Nc1ccc(N2CCN(C(=O)O)CC2)cc1. The Labute approximate surface area is 163 Å². The van der Waals surface area contributed by atoms with E-state index in [0.717, 1.165) is 11.3 Å². The number of hydrogen-bond donors (Lipinski definition) is 3. The zero-order valence-corrected chi connectivity index (χ0v) is 15.9. The minimum Gasteiger partial charge on any atom is -0.495 e. The third kappa shape index (κ3) is 4.64. The van der Waals surface area contributed by atoms with E-state index in [9.17, 15) is 9.59 Å². The number of ether oxygens (including phenoxy) is 1. The molecule has 148 valence electrons. The van der Waals surface area contributed by atoms with E-state index in [1.165, 1.54) is 4.90 Å². The lowest BCUT2D eigenvalue weighted by molar-refractivity contribution is 0.142. The van der Waals surface area contributed by atoms with Crippen LogP contribution in [0, 0.1) is 6.92 Å². The minimum absolute atomic E-state index is 0.357. The molecule has 0 saturated carbocycles. The van der Waals surface area contributed by atoms with Crippen molar-refractivity contribution in [3.8, 4) is 5.75 Å². The second-order valence-electron chi connectivity index (χ2n) is 6.59. The Hall–Kier alpha value is -3.42. The molecule has 1 aliphatic rings. The van der Waals surface area contributed by atoms with Crippen LogP contribution in [0.4, 0.5) is 26.7 Å². The van der Waals surface area contributed by atoms with Gasteiger partial charge in [0.05, 0.1) is 12.8 Å². The molecule has 2 aromatic carbocycles. The minimum atomic E-state index is -0.879. The van der Waals surface area contributed by atoms with Crippen LogP contribution in [0.5, 0.6) is 5.75 Å². The number of benzene rings is 2. The van der Waals surface area contributed by atoms with Crippen molar-refractivity contribution in [1.29, 1.82) is 0 Å². The number of carbonyl (C=O) groups excluding carboxylic acids is 1. The average Bonchev–Trinajstić information content (AvgIpc) is 2.70. The summed E-state index contributed by atoms with van der Waals surface area (Å²) in [4.78, 5) is 26.8. The van der Waals surface area contributed by atoms with Gasteiger partial charge in [-0.2, -0.15) is 0 Å². The van der Waals surface area contributed by atoms with Crippen LogP contribution in [0.2, 0.25) is 0 Å². The van der Waals surface area contributed by atoms with Gasteiger partial charge in [-0.3, -0.25) is 0 Å². The molecule has 3 amide bonds. The standard InChI is InChI=1S/C20H24N4O4/c1-14-3-8-17(18(13-14)28-2)22-19(25)21-15-4-6-16(7-5-15)23-9-11-24(12-10-23)20(26)27/h3-8,13H,9-12H2,1-2H3,(H,26,27)(H2,21,22,25). The summed E-state index contributed by atoms with van der Waals surface area (Å²) in [6, 6.07) is 12.7. The molecule has 0 aliphatic carbocycles. The second-order valence-corrected chi connectivity index (χ2v) is 6.59. The highest BCUT2D eigenvalue weighted by atomic mass is 16.5. The smallest absolute Gasteiger partial charge is 0.407 e. The third-order valence-electron chi connectivity index (χ3n) is 4.65. The topological polar surface area (TPSA) is 94.1 Å². The lowest BCUT2D eigenvalue weighted by Gasteiger charge is -2.34. The van der Waals surface area contributed by atoms with Crippen LogP contribution >= 0.6 is 0 Å². The molecule has 0 unspecified atom stereocenters. The maximum atomic E-state index is 12.3. The molecule has 0 atom stereocenters. The summed E-state index contributed by atoms with van der Waals surface area (Å²) < 4.78 is 5.29. The number of piperazine rings is 1. The summed E-state index contributed by atoms with van der Waals surface area (Å²) in [5.74, 6) is 0.603. The molecule has 0 aromatic heterocycles. The second kappa shape index (κ2) is 8.51. The van der Waals surface area contributed by atoms with Gasteiger partial charge in [-0.05, 0) is 48.9 Å². The Kier molecular flexibility index (Phi) is 5.88. The van der Waals surface area contributed by atoms with E-state index in [-0.39, 0.29) is 6.03 Å². The lowest BCUT2D eigenvalue weighted by Crippen LogP contribution is -2.48. The normalized spacial score (nSPS) is 13.8. The van der Waals surface area contributed by atoms with Gasteiger partial charge in [-0.1, -0.05) is 6.07 Å². The van der Waals surface area contributed by atoms with Crippen molar-refractivity contribution in [2.45, 2.75) is 6.92 Å². The van der Waals surface area contributed by atoms with Crippen molar-refractivity contribution in [3.05, 3.63) is 48.0 Å². The maximum absolute atomic E-state index is 12.3. The van der Waals surface area contributed by atoms with Gasteiger partial charge in [-0.15, -0.1) is 0 Å². The first-order valence-corrected chi connectivity index (χ1v) is 9.02. The number of aryl methyl sites for hydroxylation is 1. The number of amides is 3. The Morgan fingerprint density at radius 2 is 1.68 bits per heavy atom. The van der Waals surface area contributed by atoms with E-state index >= 15 is 0 Å². The first kappa shape index (κ1) is 19.3. The summed E-state index contributed by atoms with van der Waals surface area (Å²) in [5, 5.41) is 14.6. The van der Waals surface area contributed by atoms with Crippen LogP contribution in [0.3, 0.4) is 0 Å². The molecule has 1 aliphatic heterocycles. The Balaban J connectivity index is 1.57. The number of nitrogens with one attached hydrogen (secondary N) is 2. The largest absolute Gasteiger partial charge is 0.495 e. The molecule has 0 spiro atoms. The Morgan fingerprint density at radius 1 is 1.00 bits per heavy atom. The number of carboxylic acid groups (broad SMARTS) is 1. The molecule has 1 heterocycles. The number of nitrogens with zero attached hydrogens (tertiary/aromatic N) is 2. The number of rotatable bonds is 4. The highest BCUT2D eigenvalue weighted by Gasteiger charge is 2.20. The highest BCUT2D eigenvalue weighted by Crippen LogP contribution is 2.25. The van der Waals surface area contributed by atoms with Crippen molar-refractivity contribution in [2.75, 3.05) is 48.8 Å². The summed E-state index contributed by atoms with van der Waals surface area (Å²) in [6.07, 6.45) is -0.879. The molecule has 0 radical (unpaired) electrons. The summed E-state index contributed by atoms with van der Waals surface area (Å²) >= 11 is 0. The quantitative estimate of drug-likeness (QED) is 0.751. The molecular formula is C20H24N4O4. The van der Waals surface area contributed by atoms with E-state index in [1.807, 2.05) is 43.3 Å². The molecule has 1 saturated heterocycles. The van der Waals surface area contributed by atoms with E-state index in [2.05, 4.69) is 15.5 Å². The van der Waals surface area contributed by atoms with Gasteiger partial charge in [0, 0.05) is 37.6 Å². The molecule has 8 heteroatoms. The van der Waals surface area contributed by atoms with Gasteiger partial charge in [0.25, 0.3) is 0 Å². The predicted octanol–water partition coefficient (Wildman–Crippen LogP) is 3.45. The van der Waals surface area contributed by atoms with E-state index in [0.29, 0.717) is 43.3 Å². The zero-order chi connectivity index (χ0) is 20.1. The maximum Gasteiger partial charge on any atom is 0.407 e. The fourth-order valence-corrected chi connectivity index (χ4v) is 3.10. The molecule has 0 bridgehead atoms. The van der Waals surface area contributed by atoms with Crippen molar-refractivity contribution >= 4 is 29.2 Å². The first-order chi connectivity index (χ1) is 13.5. The summed E-state index contributed by atoms with van der Waals surface area (Å²) in [7, 11) is 1.56. The van der Waals surface area contributed by atoms with Gasteiger partial charge < -0.3 is 30.3 Å². The summed E-state index contributed by atoms with van der Waals surface area (Å²) in [6.45, 7) is 4.21. The molecule has 3 N–H and O–H groups in total. The number of anilines is 3. The first-order valence-electron chi connectivity index (χ1n) is 9.02. The molecule has 28 heavy (non-hydrogen) atoms. The number of methoxy groups -OCH3 is 1. The monoisotopic (exact) mass is 384 g/mol. The van der Waals surface area contributed by atoms with Gasteiger partial charge in [-0.25, -0.2) is 9.59 Å². The van der Waals surface area contributed by atoms with Crippen LogP contribution in [0.1, 0.15) is 5.56 Å². The van der Waals surface area contributed by atoms with E-state index < -0.39 is 6.09 Å². The number of carbonyl (C=O) groups is 2. The van der Waals surface area contributed by atoms with E-state index in [1.54, 1.807) is 13.2 Å². The highest BCUT2D eigenvalue weighted by molar-refractivity contribution is 6.00. The third-order valence-corrected chi connectivity index (χ3v) is 4.65. The lowest BCUT2D eigenvalue weighted by atomic mass is 10.2. The predicted molar refractivity (Wildman–Crippen MR) is 109 cm³/mol. The average molecular weight is 384 g/mol. The fourth-order valence-electron chi connectivity index (χ4n) is 3.10. The molecule has 8 nitrogen and oxygen atoms in total. The van der Waals surface area contributed by atoms with Crippen molar-refractivity contribution in [2.24, 2.45) is 0 Å². The van der Waals surface area contributed by atoms with Gasteiger partial charge in [0.2, 0.25) is 0 Å². The van der Waals surface area contributed by atoms with Crippen LogP contribution in [0.15, 0.2) is 42.5 Å². The summed E-state index contributed by atoms with van der Waals surface area (Å²) in [5.41, 5.74) is 3.30. The van der Waals surface area contributed by atoms with Crippen LogP contribution in [-0.2, 0) is 0 Å². The Bertz CT molecular complexity index is 846. The van der Waals surface area contributed by atoms with Crippen LogP contribution in [0.25, 0.3) is 0 Å². The van der Waals surface area contributed by atoms with Crippen molar-refractivity contribution in [1.82, 2.24) is 4.90 Å². The molecule has 2 aromatic rings. The van der Waals surface area contributed by atoms with Crippen LogP contribution in [-0.4, -0.2) is 55.4 Å². The fraction of sp³-hybridized carbons (Fsp3) is 0.300. The Morgan fingerprint density at radius 3 is 2.29 bits per heavy atom. The van der Waals surface area contributed by atoms with Gasteiger partial charge in [0.15, 0.2) is 0 Å². The van der Waals surface area contributed by atoms with Crippen LogP contribution < -0.4 is 20.3 Å². The number of hydrogen-bond acceptors (Lipinski definition) is 4. The molecular weight excluding hydrogens is 360 g/mol. The molecule has 1 fully saturated rings. The van der Waals surface area contributed by atoms with Crippen molar-refractivity contribution in [3.63, 3.8) is 0 Å².